The molecule has 6 heteroatoms. The van der Waals surface area contributed by atoms with E-state index in [1.165, 1.54) is 0 Å². The molecule has 0 spiro atoms. The zero-order valence-electron chi connectivity index (χ0n) is 9.03. The highest BCUT2D eigenvalue weighted by atomic mass is 79.9. The van der Waals surface area contributed by atoms with Crippen LogP contribution in [-0.4, -0.2) is 24.2 Å². The lowest BCUT2D eigenvalue weighted by Gasteiger charge is -2.14. The number of imidazole rings is 1. The molecule has 1 aromatic heterocycles. The number of halogens is 1. The van der Waals surface area contributed by atoms with Crippen LogP contribution in [-0.2, 0) is 9.53 Å². The van der Waals surface area contributed by atoms with Crippen LogP contribution in [0.5, 0.6) is 0 Å². The number of rotatable bonds is 4. The number of methoxy groups -OCH3 is 1. The molecule has 15 heavy (non-hydrogen) atoms. The Kier molecular flexibility index (Phi) is 6.19. The summed E-state index contributed by atoms with van der Waals surface area (Å²) in [6, 6.07) is -0.237. The number of nitrogens with zero attached hydrogens (tertiary/aromatic N) is 1. The molecule has 1 aromatic rings. The molecule has 0 aliphatic rings. The summed E-state index contributed by atoms with van der Waals surface area (Å²) in [6.07, 6.45) is 5.05. The standard InChI is InChI=1S/C9H15N3O2.BrH/c1-7(12-5-4-10-6-12)9(13)11-8(2)14-3;/h4-8H,1-3H3,(H,11,13);1H/t7-,8?;/m1./s1. The Hall–Kier alpha value is -0.880. The average Bonchev–Trinajstić information content (AvgIpc) is 2.69. The van der Waals surface area contributed by atoms with Gasteiger partial charge in [0.25, 0.3) is 5.91 Å². The van der Waals surface area contributed by atoms with Crippen LogP contribution in [0.2, 0.25) is 0 Å². The number of ether oxygens (including phenoxy) is 1. The summed E-state index contributed by atoms with van der Waals surface area (Å²) in [6.45, 7) is 3.61. The Morgan fingerprint density at radius 2 is 2.20 bits per heavy atom. The molecule has 0 bridgehead atoms. The predicted octanol–water partition coefficient (Wildman–Crippen LogP) is -3.02. The van der Waals surface area contributed by atoms with E-state index in [4.69, 9.17) is 4.74 Å². The summed E-state index contributed by atoms with van der Waals surface area (Å²) in [7, 11) is 1.55. The van der Waals surface area contributed by atoms with Crippen LogP contribution in [0.1, 0.15) is 19.9 Å². The minimum absolute atomic E-state index is 0. The largest absolute Gasteiger partial charge is 1.00 e. The molecule has 0 aromatic carbocycles. The Morgan fingerprint density at radius 1 is 1.53 bits per heavy atom. The van der Waals surface area contributed by atoms with Gasteiger partial charge in [-0.1, -0.05) is 0 Å². The lowest BCUT2D eigenvalue weighted by atomic mass is 10.3. The fourth-order valence-corrected chi connectivity index (χ4v) is 1.06. The number of H-pyrrole nitrogens is 1. The molecule has 5 nitrogen and oxygen atoms in total. The normalized spacial score (nSPS) is 13.8. The summed E-state index contributed by atoms with van der Waals surface area (Å²) < 4.78 is 6.73. The number of carbonyl (C=O) groups excluding carboxylic acids is 1. The molecule has 2 atom stereocenters. The smallest absolute Gasteiger partial charge is 0.267 e. The fraction of sp³-hybridized carbons (Fsp3) is 0.556. The minimum atomic E-state index is -0.260. The molecule has 1 rings (SSSR count). The van der Waals surface area contributed by atoms with E-state index in [9.17, 15) is 4.79 Å². The molecule has 0 saturated carbocycles. The van der Waals surface area contributed by atoms with Crippen LogP contribution in [0, 0.1) is 0 Å². The van der Waals surface area contributed by atoms with Gasteiger partial charge in [-0.3, -0.25) is 9.78 Å². The third-order valence-corrected chi connectivity index (χ3v) is 2.09. The summed E-state index contributed by atoms with van der Waals surface area (Å²) in [4.78, 5) is 14.5. The highest BCUT2D eigenvalue weighted by Crippen LogP contribution is 1.94. The van der Waals surface area contributed by atoms with Crippen molar-refractivity contribution < 1.29 is 31.1 Å². The van der Waals surface area contributed by atoms with Gasteiger partial charge < -0.3 is 27.0 Å². The van der Waals surface area contributed by atoms with Gasteiger partial charge in [-0.15, -0.1) is 0 Å². The molecule has 1 amide bonds. The van der Waals surface area contributed by atoms with Gasteiger partial charge in [0.2, 0.25) is 6.33 Å². The number of aromatic amines is 1. The van der Waals surface area contributed by atoms with Gasteiger partial charge in [0.15, 0.2) is 6.04 Å². The monoisotopic (exact) mass is 277 g/mol. The average molecular weight is 278 g/mol. The number of hydrogen-bond acceptors (Lipinski definition) is 2. The Balaban J connectivity index is 0.00000196. The Bertz CT molecular complexity index is 290. The van der Waals surface area contributed by atoms with Crippen molar-refractivity contribution in [1.82, 2.24) is 10.3 Å². The van der Waals surface area contributed by atoms with Crippen molar-refractivity contribution in [2.75, 3.05) is 7.11 Å². The van der Waals surface area contributed by atoms with Crippen molar-refractivity contribution >= 4 is 5.91 Å². The lowest BCUT2D eigenvalue weighted by Crippen LogP contribution is -3.00. The summed E-state index contributed by atoms with van der Waals surface area (Å²) in [5, 5.41) is 2.72. The SMILES string of the molecule is COC(C)NC(=O)[C@@H](C)[n+]1cc[nH]c1.[Br-]. The maximum atomic E-state index is 11.6. The van der Waals surface area contributed by atoms with Gasteiger partial charge in [0.1, 0.15) is 18.6 Å². The molecule has 0 fully saturated rings. The van der Waals surface area contributed by atoms with Gasteiger partial charge in [0.05, 0.1) is 0 Å². The van der Waals surface area contributed by atoms with Crippen LogP contribution in [0.4, 0.5) is 0 Å². The lowest BCUT2D eigenvalue weighted by molar-refractivity contribution is -0.704. The predicted molar refractivity (Wildman–Crippen MR) is 50.3 cm³/mol. The molecule has 2 N–H and O–H groups in total. The molecule has 86 valence electrons. The van der Waals surface area contributed by atoms with E-state index >= 15 is 0 Å². The van der Waals surface area contributed by atoms with E-state index in [0.29, 0.717) is 0 Å². The number of amides is 1. The van der Waals surface area contributed by atoms with E-state index in [2.05, 4.69) is 10.3 Å². The van der Waals surface area contributed by atoms with E-state index in [1.807, 2.05) is 13.1 Å². The molecule has 0 radical (unpaired) electrons. The number of nitrogens with one attached hydrogen (secondary N) is 2. The minimum Gasteiger partial charge on any atom is -1.00 e. The molecular formula is C9H16BrN3O2. The topological polar surface area (TPSA) is 58.0 Å². The summed E-state index contributed by atoms with van der Waals surface area (Å²) in [5.41, 5.74) is 0. The number of aromatic nitrogens is 2. The van der Waals surface area contributed by atoms with Gasteiger partial charge >= 0.3 is 0 Å². The second kappa shape index (κ2) is 6.58. The maximum Gasteiger partial charge on any atom is 0.267 e. The third-order valence-electron chi connectivity index (χ3n) is 2.09. The third kappa shape index (κ3) is 4.01. The van der Waals surface area contributed by atoms with Crippen LogP contribution in [0.25, 0.3) is 0 Å². The molecule has 1 unspecified atom stereocenters. The van der Waals surface area contributed by atoms with Crippen molar-refractivity contribution in [1.29, 1.82) is 0 Å². The van der Waals surface area contributed by atoms with Crippen LogP contribution >= 0.6 is 0 Å². The Morgan fingerprint density at radius 3 is 2.67 bits per heavy atom. The first kappa shape index (κ1) is 14.1. The fourth-order valence-electron chi connectivity index (χ4n) is 1.06. The second-order valence-corrected chi connectivity index (χ2v) is 3.12. The molecule has 0 aliphatic heterocycles. The van der Waals surface area contributed by atoms with Crippen LogP contribution in [0.3, 0.4) is 0 Å². The van der Waals surface area contributed by atoms with Crippen molar-refractivity contribution in [3.05, 3.63) is 18.7 Å². The number of carbonyl (C=O) groups is 1. The van der Waals surface area contributed by atoms with E-state index in [-0.39, 0.29) is 35.2 Å². The van der Waals surface area contributed by atoms with Crippen molar-refractivity contribution in [2.24, 2.45) is 0 Å². The van der Waals surface area contributed by atoms with E-state index in [1.54, 1.807) is 31.1 Å². The van der Waals surface area contributed by atoms with Gasteiger partial charge in [0, 0.05) is 7.11 Å². The first-order valence-corrected chi connectivity index (χ1v) is 4.52. The van der Waals surface area contributed by atoms with Crippen molar-refractivity contribution in [3.8, 4) is 0 Å². The molecule has 0 aliphatic carbocycles. The highest BCUT2D eigenvalue weighted by Gasteiger charge is 2.19. The van der Waals surface area contributed by atoms with E-state index < -0.39 is 0 Å². The van der Waals surface area contributed by atoms with Gasteiger partial charge in [-0.25, -0.2) is 4.57 Å². The van der Waals surface area contributed by atoms with Gasteiger partial charge in [-0.2, -0.15) is 0 Å². The zero-order valence-corrected chi connectivity index (χ0v) is 10.6. The summed E-state index contributed by atoms with van der Waals surface area (Å²) in [5.74, 6) is -0.0658. The molecular weight excluding hydrogens is 262 g/mol. The zero-order chi connectivity index (χ0) is 10.6. The summed E-state index contributed by atoms with van der Waals surface area (Å²) >= 11 is 0. The Labute approximate surface area is 99.6 Å². The first-order valence-electron chi connectivity index (χ1n) is 4.52. The van der Waals surface area contributed by atoms with E-state index in [0.717, 1.165) is 0 Å². The molecule has 0 saturated heterocycles. The van der Waals surface area contributed by atoms with Crippen LogP contribution in [0.15, 0.2) is 18.7 Å². The van der Waals surface area contributed by atoms with Crippen molar-refractivity contribution in [3.63, 3.8) is 0 Å². The highest BCUT2D eigenvalue weighted by molar-refractivity contribution is 5.78. The van der Waals surface area contributed by atoms with Crippen LogP contribution < -0.4 is 26.9 Å². The van der Waals surface area contributed by atoms with Crippen molar-refractivity contribution in [2.45, 2.75) is 26.1 Å². The maximum absolute atomic E-state index is 11.6. The molecule has 1 heterocycles. The quantitative estimate of drug-likeness (QED) is 0.455. The first-order chi connectivity index (χ1) is 6.65. The second-order valence-electron chi connectivity index (χ2n) is 3.12. The van der Waals surface area contributed by atoms with Gasteiger partial charge in [-0.05, 0) is 13.8 Å². The number of hydrogen-bond donors (Lipinski definition) is 2.